The summed E-state index contributed by atoms with van der Waals surface area (Å²) in [6.45, 7) is 6.91. The van der Waals surface area contributed by atoms with Gasteiger partial charge in [0.2, 0.25) is 8.32 Å². The third-order valence-corrected chi connectivity index (χ3v) is 10.7. The van der Waals surface area contributed by atoms with Crippen LogP contribution in [0.1, 0.15) is 6.92 Å². The van der Waals surface area contributed by atoms with Gasteiger partial charge in [-0.15, -0.1) is 0 Å². The highest BCUT2D eigenvalue weighted by Gasteiger charge is 2.47. The summed E-state index contributed by atoms with van der Waals surface area (Å²) in [6.07, 6.45) is 0. The molecule has 0 aromatic heterocycles. The van der Waals surface area contributed by atoms with Crippen LogP contribution in [0, 0.1) is 0 Å². The lowest BCUT2D eigenvalue weighted by molar-refractivity contribution is 0.151. The Morgan fingerprint density at radius 3 is 1.77 bits per heavy atom. The maximum atomic E-state index is 6.62. The highest BCUT2D eigenvalue weighted by molar-refractivity contribution is 6.93. The Labute approximate surface area is 135 Å². The van der Waals surface area contributed by atoms with Crippen molar-refractivity contribution >= 4 is 27.5 Å². The summed E-state index contributed by atoms with van der Waals surface area (Å²) in [6, 6.07) is 20.4. The molecule has 2 rings (SSSR count). The predicted octanol–water partition coefficient (Wildman–Crippen LogP) is 2.64. The molecule has 5 heteroatoms. The van der Waals surface area contributed by atoms with Crippen LogP contribution in [0.4, 0.5) is 0 Å². The van der Waals surface area contributed by atoms with Crippen LogP contribution in [0.2, 0.25) is 13.1 Å². The van der Waals surface area contributed by atoms with Gasteiger partial charge in [0.25, 0.3) is 0 Å². The molecule has 2 aromatic rings. The standard InChI is InChI=1S/C17H24O3Si2/c1-5-19-22(18-2,17-14-10-7-11-15-17)20-21(3,4)16-12-8-6-9-13-16/h6-15H,5H2,1-4H3. The van der Waals surface area contributed by atoms with Gasteiger partial charge in [0.15, 0.2) is 0 Å². The molecule has 0 amide bonds. The van der Waals surface area contributed by atoms with E-state index in [2.05, 4.69) is 25.2 Å². The van der Waals surface area contributed by atoms with E-state index in [1.54, 1.807) is 7.11 Å². The fraction of sp³-hybridized carbons (Fsp3) is 0.294. The second-order valence-electron chi connectivity index (χ2n) is 5.54. The van der Waals surface area contributed by atoms with Crippen molar-refractivity contribution < 1.29 is 13.0 Å². The Bertz CT molecular complexity index is 575. The molecule has 0 heterocycles. The van der Waals surface area contributed by atoms with E-state index in [1.165, 1.54) is 5.19 Å². The first-order valence-electron chi connectivity index (χ1n) is 7.54. The van der Waals surface area contributed by atoms with Crippen LogP contribution in [-0.4, -0.2) is 30.8 Å². The van der Waals surface area contributed by atoms with Crippen LogP contribution >= 0.6 is 0 Å². The molecule has 0 aliphatic carbocycles. The Morgan fingerprint density at radius 1 is 0.818 bits per heavy atom. The summed E-state index contributed by atoms with van der Waals surface area (Å²) in [7, 11) is -3.36. The molecular weight excluding hydrogens is 308 g/mol. The molecule has 0 saturated carbocycles. The highest BCUT2D eigenvalue weighted by atomic mass is 28.5. The Balaban J connectivity index is 2.38. The molecule has 22 heavy (non-hydrogen) atoms. The van der Waals surface area contributed by atoms with Crippen molar-refractivity contribution in [1.82, 2.24) is 0 Å². The first-order chi connectivity index (χ1) is 10.5. The van der Waals surface area contributed by atoms with Crippen molar-refractivity contribution in [2.24, 2.45) is 0 Å². The molecule has 118 valence electrons. The van der Waals surface area contributed by atoms with Crippen molar-refractivity contribution in [3.63, 3.8) is 0 Å². The van der Waals surface area contributed by atoms with Gasteiger partial charge in [-0.05, 0) is 25.2 Å². The summed E-state index contributed by atoms with van der Waals surface area (Å²) >= 11 is 0. The van der Waals surface area contributed by atoms with E-state index in [0.29, 0.717) is 6.61 Å². The fourth-order valence-electron chi connectivity index (χ4n) is 2.46. The fourth-order valence-corrected chi connectivity index (χ4v) is 9.15. The molecule has 1 unspecified atom stereocenters. The smallest absolute Gasteiger partial charge is 0.408 e. The SMILES string of the molecule is CCO[Si](OC)(O[Si](C)(C)c1ccccc1)c1ccccc1. The van der Waals surface area contributed by atoms with Crippen molar-refractivity contribution in [2.45, 2.75) is 20.0 Å². The van der Waals surface area contributed by atoms with E-state index < -0.39 is 17.1 Å². The average Bonchev–Trinajstić information content (AvgIpc) is 2.56. The van der Waals surface area contributed by atoms with Crippen LogP contribution in [0.15, 0.2) is 60.7 Å². The van der Waals surface area contributed by atoms with E-state index >= 15 is 0 Å². The van der Waals surface area contributed by atoms with Crippen LogP contribution < -0.4 is 10.4 Å². The lowest BCUT2D eigenvalue weighted by Crippen LogP contribution is -2.64. The summed E-state index contributed by atoms with van der Waals surface area (Å²) in [4.78, 5) is 0. The van der Waals surface area contributed by atoms with Gasteiger partial charge >= 0.3 is 8.80 Å². The summed E-state index contributed by atoms with van der Waals surface area (Å²) < 4.78 is 18.5. The van der Waals surface area contributed by atoms with E-state index in [0.717, 1.165) is 5.19 Å². The molecule has 0 spiro atoms. The molecule has 0 aliphatic rings. The number of hydrogen-bond acceptors (Lipinski definition) is 3. The van der Waals surface area contributed by atoms with Crippen molar-refractivity contribution in [3.05, 3.63) is 60.7 Å². The molecule has 0 fully saturated rings. The van der Waals surface area contributed by atoms with E-state index in [4.69, 9.17) is 13.0 Å². The second-order valence-corrected chi connectivity index (χ2v) is 12.3. The molecule has 3 nitrogen and oxygen atoms in total. The maximum Gasteiger partial charge on any atom is 0.526 e. The Kier molecular flexibility index (Phi) is 5.71. The third kappa shape index (κ3) is 3.74. The van der Waals surface area contributed by atoms with Gasteiger partial charge in [0, 0.05) is 18.9 Å². The normalized spacial score (nSPS) is 14.5. The second kappa shape index (κ2) is 7.35. The van der Waals surface area contributed by atoms with Gasteiger partial charge in [0.1, 0.15) is 0 Å². The first kappa shape index (κ1) is 17.1. The zero-order valence-corrected chi connectivity index (χ0v) is 15.7. The van der Waals surface area contributed by atoms with E-state index in [-0.39, 0.29) is 0 Å². The minimum atomic E-state index is -2.90. The van der Waals surface area contributed by atoms with Gasteiger partial charge in [-0.25, -0.2) is 0 Å². The summed E-state index contributed by atoms with van der Waals surface area (Å²) in [5.41, 5.74) is 0. The maximum absolute atomic E-state index is 6.62. The number of rotatable bonds is 7. The number of hydrogen-bond donors (Lipinski definition) is 0. The average molecular weight is 333 g/mol. The quantitative estimate of drug-likeness (QED) is 0.730. The van der Waals surface area contributed by atoms with Gasteiger partial charge in [0.05, 0.1) is 0 Å². The van der Waals surface area contributed by atoms with Crippen LogP contribution in [-0.2, 0) is 13.0 Å². The topological polar surface area (TPSA) is 27.7 Å². The molecule has 0 N–H and O–H groups in total. The monoisotopic (exact) mass is 332 g/mol. The minimum Gasteiger partial charge on any atom is -0.408 e. The molecule has 0 aliphatic heterocycles. The largest absolute Gasteiger partial charge is 0.526 e. The highest BCUT2D eigenvalue weighted by Crippen LogP contribution is 2.17. The van der Waals surface area contributed by atoms with E-state index in [9.17, 15) is 0 Å². The Morgan fingerprint density at radius 2 is 1.32 bits per heavy atom. The van der Waals surface area contributed by atoms with Crippen LogP contribution in [0.3, 0.4) is 0 Å². The van der Waals surface area contributed by atoms with Gasteiger partial charge in [-0.1, -0.05) is 60.7 Å². The van der Waals surface area contributed by atoms with Gasteiger partial charge in [-0.3, -0.25) is 0 Å². The van der Waals surface area contributed by atoms with Crippen molar-refractivity contribution in [3.8, 4) is 0 Å². The molecule has 1 atom stereocenters. The van der Waals surface area contributed by atoms with Gasteiger partial charge < -0.3 is 13.0 Å². The minimum absolute atomic E-state index is 0.564. The Hall–Kier alpha value is -1.25. The molecule has 2 aromatic carbocycles. The summed E-state index contributed by atoms with van der Waals surface area (Å²) in [5, 5.41) is 2.25. The van der Waals surface area contributed by atoms with E-state index in [1.807, 2.05) is 55.5 Å². The first-order valence-corrected chi connectivity index (χ1v) is 12.2. The van der Waals surface area contributed by atoms with Crippen LogP contribution in [0.5, 0.6) is 0 Å². The van der Waals surface area contributed by atoms with Gasteiger partial charge in [-0.2, -0.15) is 0 Å². The molecule has 0 bridgehead atoms. The third-order valence-electron chi connectivity index (χ3n) is 3.59. The summed E-state index contributed by atoms with van der Waals surface area (Å²) in [5.74, 6) is 0. The number of benzene rings is 2. The lowest BCUT2D eigenvalue weighted by atomic mass is 10.4. The van der Waals surface area contributed by atoms with Crippen LogP contribution in [0.25, 0.3) is 0 Å². The van der Waals surface area contributed by atoms with Crippen molar-refractivity contribution in [2.75, 3.05) is 13.7 Å². The zero-order chi connectivity index (χ0) is 16.1. The predicted molar refractivity (Wildman–Crippen MR) is 95.1 cm³/mol. The van der Waals surface area contributed by atoms with Crippen molar-refractivity contribution in [1.29, 1.82) is 0 Å². The molecular formula is C17H24O3Si2. The zero-order valence-electron chi connectivity index (χ0n) is 13.7. The molecule has 0 saturated heterocycles. The lowest BCUT2D eigenvalue weighted by Gasteiger charge is -2.36. The molecule has 0 radical (unpaired) electrons.